The summed E-state index contributed by atoms with van der Waals surface area (Å²) in [5.74, 6) is -0.691. The Kier molecular flexibility index (Phi) is 4.74. The first-order valence-electron chi connectivity index (χ1n) is 6.24. The van der Waals surface area contributed by atoms with Crippen molar-refractivity contribution in [2.45, 2.75) is 51.1 Å². The molecule has 94 valence electrons. The molecule has 0 spiro atoms. The highest BCUT2D eigenvalue weighted by molar-refractivity contribution is 5.79. The number of nitrogens with one attached hydrogen (secondary N) is 1. The molecule has 4 heteroatoms. The van der Waals surface area contributed by atoms with Crippen molar-refractivity contribution in [3.8, 4) is 0 Å². The van der Waals surface area contributed by atoms with Gasteiger partial charge in [-0.05, 0) is 45.8 Å². The average Bonchev–Trinajstić information content (AvgIpc) is 2.28. The van der Waals surface area contributed by atoms with Crippen LogP contribution in [0.15, 0.2) is 0 Å². The zero-order valence-electron chi connectivity index (χ0n) is 10.6. The maximum absolute atomic E-state index is 11.4. The predicted molar refractivity (Wildman–Crippen MR) is 64.6 cm³/mol. The van der Waals surface area contributed by atoms with Gasteiger partial charge < -0.3 is 15.3 Å². The van der Waals surface area contributed by atoms with E-state index >= 15 is 0 Å². The van der Waals surface area contributed by atoms with E-state index in [0.29, 0.717) is 6.04 Å². The summed E-state index contributed by atoms with van der Waals surface area (Å²) >= 11 is 0. The van der Waals surface area contributed by atoms with Crippen LogP contribution in [-0.2, 0) is 4.79 Å². The van der Waals surface area contributed by atoms with Gasteiger partial charge in [-0.15, -0.1) is 0 Å². The molecule has 4 nitrogen and oxygen atoms in total. The fourth-order valence-electron chi connectivity index (χ4n) is 2.65. The van der Waals surface area contributed by atoms with Gasteiger partial charge in [0.25, 0.3) is 0 Å². The number of carboxylic acid groups (broad SMARTS) is 1. The molecule has 1 fully saturated rings. The van der Waals surface area contributed by atoms with Crippen molar-refractivity contribution in [2.24, 2.45) is 0 Å². The maximum Gasteiger partial charge on any atom is 0.323 e. The average molecular weight is 228 g/mol. The number of hydrogen-bond donors (Lipinski definition) is 2. The number of rotatable bonds is 5. The van der Waals surface area contributed by atoms with Crippen LogP contribution >= 0.6 is 0 Å². The lowest BCUT2D eigenvalue weighted by atomic mass is 9.78. The minimum Gasteiger partial charge on any atom is -0.480 e. The third-order valence-corrected chi connectivity index (χ3v) is 3.77. The van der Waals surface area contributed by atoms with Crippen LogP contribution < -0.4 is 5.32 Å². The first-order chi connectivity index (χ1) is 7.55. The van der Waals surface area contributed by atoms with Gasteiger partial charge in [-0.3, -0.25) is 4.79 Å². The lowest BCUT2D eigenvalue weighted by Crippen LogP contribution is -2.57. The molecule has 0 amide bonds. The molecule has 1 aliphatic carbocycles. The predicted octanol–water partition coefficient (Wildman–Crippen LogP) is 1.31. The van der Waals surface area contributed by atoms with E-state index in [0.717, 1.165) is 38.8 Å². The number of likely N-dealkylation sites (N-methyl/N-ethyl adjacent to an activating group) is 1. The standard InChI is InChI=1S/C12H24N2O2/c1-4-13-12(11(15)16)8-6-7-10(9-12)14(3)5-2/h10,13H,4-9H2,1-3H3,(H,15,16). The molecule has 1 aliphatic rings. The normalized spacial score (nSPS) is 30.6. The summed E-state index contributed by atoms with van der Waals surface area (Å²) in [6, 6.07) is 0.397. The van der Waals surface area contributed by atoms with Crippen molar-refractivity contribution in [2.75, 3.05) is 20.1 Å². The van der Waals surface area contributed by atoms with Crippen LogP contribution in [0.1, 0.15) is 39.5 Å². The van der Waals surface area contributed by atoms with E-state index in [1.807, 2.05) is 6.92 Å². The number of aliphatic carboxylic acids is 1. The molecule has 2 unspecified atom stereocenters. The summed E-state index contributed by atoms with van der Waals surface area (Å²) in [5, 5.41) is 12.6. The fraction of sp³-hybridized carbons (Fsp3) is 0.917. The summed E-state index contributed by atoms with van der Waals surface area (Å²) in [5.41, 5.74) is -0.693. The summed E-state index contributed by atoms with van der Waals surface area (Å²) in [7, 11) is 2.08. The van der Waals surface area contributed by atoms with Crippen LogP contribution in [0, 0.1) is 0 Å². The Balaban J connectivity index is 2.75. The molecule has 0 aromatic rings. The molecule has 0 aliphatic heterocycles. The van der Waals surface area contributed by atoms with E-state index in [4.69, 9.17) is 0 Å². The Morgan fingerprint density at radius 1 is 1.56 bits per heavy atom. The molecule has 1 rings (SSSR count). The quantitative estimate of drug-likeness (QED) is 0.745. The van der Waals surface area contributed by atoms with Gasteiger partial charge in [0.05, 0.1) is 0 Å². The maximum atomic E-state index is 11.4. The molecule has 2 atom stereocenters. The smallest absolute Gasteiger partial charge is 0.323 e. The van der Waals surface area contributed by atoms with Crippen LogP contribution in [0.4, 0.5) is 0 Å². The van der Waals surface area contributed by atoms with E-state index in [1.54, 1.807) is 0 Å². The van der Waals surface area contributed by atoms with Crippen LogP contribution in [0.3, 0.4) is 0 Å². The third-order valence-electron chi connectivity index (χ3n) is 3.77. The molecular weight excluding hydrogens is 204 g/mol. The van der Waals surface area contributed by atoms with Gasteiger partial charge in [0, 0.05) is 6.04 Å². The third kappa shape index (κ3) is 2.74. The zero-order valence-corrected chi connectivity index (χ0v) is 10.6. The summed E-state index contributed by atoms with van der Waals surface area (Å²) in [4.78, 5) is 13.7. The molecular formula is C12H24N2O2. The second-order valence-electron chi connectivity index (χ2n) is 4.74. The van der Waals surface area contributed by atoms with Crippen molar-refractivity contribution >= 4 is 5.97 Å². The SMILES string of the molecule is CCNC1(C(=O)O)CCCC(N(C)CC)C1. The van der Waals surface area contributed by atoms with Gasteiger partial charge in [-0.2, -0.15) is 0 Å². The monoisotopic (exact) mass is 228 g/mol. The van der Waals surface area contributed by atoms with Gasteiger partial charge in [-0.25, -0.2) is 0 Å². The summed E-state index contributed by atoms with van der Waals surface area (Å²) in [6.45, 7) is 5.78. The fourth-order valence-corrected chi connectivity index (χ4v) is 2.65. The van der Waals surface area contributed by atoms with Gasteiger partial charge in [-0.1, -0.05) is 13.8 Å². The largest absolute Gasteiger partial charge is 0.480 e. The number of nitrogens with zero attached hydrogens (tertiary/aromatic N) is 1. The van der Waals surface area contributed by atoms with Gasteiger partial charge in [0.2, 0.25) is 0 Å². The molecule has 0 heterocycles. The molecule has 0 aromatic carbocycles. The van der Waals surface area contributed by atoms with Gasteiger partial charge >= 0.3 is 5.97 Å². The lowest BCUT2D eigenvalue weighted by Gasteiger charge is -2.41. The van der Waals surface area contributed by atoms with E-state index in [-0.39, 0.29) is 0 Å². The van der Waals surface area contributed by atoms with E-state index in [9.17, 15) is 9.90 Å². The number of carbonyl (C=O) groups is 1. The number of carboxylic acids is 1. The summed E-state index contributed by atoms with van der Waals surface area (Å²) in [6.07, 6.45) is 3.59. The second-order valence-corrected chi connectivity index (χ2v) is 4.74. The van der Waals surface area contributed by atoms with Gasteiger partial charge in [0.15, 0.2) is 0 Å². The Labute approximate surface area is 98.0 Å². The first-order valence-corrected chi connectivity index (χ1v) is 6.24. The molecule has 0 bridgehead atoms. The second kappa shape index (κ2) is 5.64. The Morgan fingerprint density at radius 3 is 2.75 bits per heavy atom. The van der Waals surface area contributed by atoms with E-state index in [2.05, 4.69) is 24.2 Å². The highest BCUT2D eigenvalue weighted by atomic mass is 16.4. The first kappa shape index (κ1) is 13.5. The van der Waals surface area contributed by atoms with Crippen molar-refractivity contribution in [3.63, 3.8) is 0 Å². The van der Waals surface area contributed by atoms with E-state index in [1.165, 1.54) is 0 Å². The van der Waals surface area contributed by atoms with Crippen molar-refractivity contribution in [1.29, 1.82) is 0 Å². The molecule has 2 N–H and O–H groups in total. The van der Waals surface area contributed by atoms with Crippen LogP contribution in [-0.4, -0.2) is 47.7 Å². The molecule has 0 saturated heterocycles. The van der Waals surface area contributed by atoms with E-state index < -0.39 is 11.5 Å². The van der Waals surface area contributed by atoms with Crippen molar-refractivity contribution < 1.29 is 9.90 Å². The Bertz CT molecular complexity index is 241. The Hall–Kier alpha value is -0.610. The minimum absolute atomic E-state index is 0.397. The molecule has 0 aromatic heterocycles. The highest BCUT2D eigenvalue weighted by Gasteiger charge is 2.42. The van der Waals surface area contributed by atoms with Gasteiger partial charge in [0.1, 0.15) is 5.54 Å². The minimum atomic E-state index is -0.693. The Morgan fingerprint density at radius 2 is 2.25 bits per heavy atom. The molecule has 1 saturated carbocycles. The van der Waals surface area contributed by atoms with Crippen LogP contribution in [0.2, 0.25) is 0 Å². The molecule has 0 radical (unpaired) electrons. The zero-order chi connectivity index (χ0) is 12.2. The lowest BCUT2D eigenvalue weighted by molar-refractivity contribution is -0.147. The highest BCUT2D eigenvalue weighted by Crippen LogP contribution is 2.31. The van der Waals surface area contributed by atoms with Crippen molar-refractivity contribution in [3.05, 3.63) is 0 Å². The number of hydrogen-bond acceptors (Lipinski definition) is 3. The molecule has 16 heavy (non-hydrogen) atoms. The summed E-state index contributed by atoms with van der Waals surface area (Å²) < 4.78 is 0. The van der Waals surface area contributed by atoms with Crippen LogP contribution in [0.25, 0.3) is 0 Å². The van der Waals surface area contributed by atoms with Crippen molar-refractivity contribution in [1.82, 2.24) is 10.2 Å². The van der Waals surface area contributed by atoms with Crippen LogP contribution in [0.5, 0.6) is 0 Å². The topological polar surface area (TPSA) is 52.6 Å².